The van der Waals surface area contributed by atoms with E-state index >= 15 is 0 Å². The summed E-state index contributed by atoms with van der Waals surface area (Å²) >= 11 is 0. The van der Waals surface area contributed by atoms with Gasteiger partial charge in [0.1, 0.15) is 19.3 Å². The third kappa shape index (κ3) is 60.3. The zero-order valence-electron chi connectivity index (χ0n) is 57.3. The number of rotatable bonds is 66. The minimum Gasteiger partial charge on any atom is -0.462 e. The Morgan fingerprint density at radius 1 is 0.318 bits per heavy atom. The molecular formula is C69H134O17P2. The number of aliphatic hydroxyl groups excluding tert-OH is 1. The van der Waals surface area contributed by atoms with E-state index in [9.17, 15) is 43.2 Å². The van der Waals surface area contributed by atoms with E-state index in [-0.39, 0.29) is 25.7 Å². The number of carbonyl (C=O) groups is 4. The van der Waals surface area contributed by atoms with Crippen molar-refractivity contribution < 1.29 is 80.2 Å². The number of carbonyl (C=O) groups excluding carboxylic acids is 4. The molecule has 0 aromatic carbocycles. The van der Waals surface area contributed by atoms with E-state index in [4.69, 9.17) is 37.0 Å². The number of hydrogen-bond acceptors (Lipinski definition) is 15. The van der Waals surface area contributed by atoms with Crippen molar-refractivity contribution in [3.05, 3.63) is 0 Å². The van der Waals surface area contributed by atoms with Gasteiger partial charge in [-0.05, 0) is 49.4 Å². The van der Waals surface area contributed by atoms with E-state index < -0.39 is 97.5 Å². The molecule has 0 saturated heterocycles. The molecule has 4 unspecified atom stereocenters. The molecule has 522 valence electrons. The van der Waals surface area contributed by atoms with Gasteiger partial charge < -0.3 is 33.8 Å². The first-order valence-corrected chi connectivity index (χ1v) is 38.8. The van der Waals surface area contributed by atoms with Crippen LogP contribution in [0.5, 0.6) is 0 Å². The number of aliphatic hydroxyl groups is 1. The molecule has 7 atom stereocenters. The van der Waals surface area contributed by atoms with Crippen molar-refractivity contribution >= 4 is 39.5 Å². The Bertz CT molecular complexity index is 1750. The molecular weight excluding hydrogens is 1160 g/mol. The van der Waals surface area contributed by atoms with Gasteiger partial charge in [-0.1, -0.05) is 287 Å². The second-order valence-corrected chi connectivity index (χ2v) is 29.3. The first-order chi connectivity index (χ1) is 42.2. The lowest BCUT2D eigenvalue weighted by Gasteiger charge is -2.21. The van der Waals surface area contributed by atoms with Crippen molar-refractivity contribution in [2.45, 2.75) is 356 Å². The van der Waals surface area contributed by atoms with E-state index in [1.54, 1.807) is 0 Å². The predicted octanol–water partition coefficient (Wildman–Crippen LogP) is 19.3. The Hall–Kier alpha value is -1.94. The van der Waals surface area contributed by atoms with E-state index in [1.807, 2.05) is 0 Å². The number of unbranched alkanes of at least 4 members (excludes halogenated alkanes) is 30. The fraction of sp³-hybridized carbons (Fsp3) is 0.942. The number of esters is 4. The fourth-order valence-corrected chi connectivity index (χ4v) is 11.8. The highest BCUT2D eigenvalue weighted by molar-refractivity contribution is 7.47. The van der Waals surface area contributed by atoms with Gasteiger partial charge in [-0.25, -0.2) is 9.13 Å². The van der Waals surface area contributed by atoms with Gasteiger partial charge >= 0.3 is 39.5 Å². The SMILES string of the molecule is CCC(C)CCCCCCCCC(=O)OC[C@H](COP(=O)(O)OC[C@H](O)COP(=O)(O)OC[C@@H](COC(=O)CCCCCCCCCCCCCC(C)C)OC(=O)CCCCCCCCC(C)CC)OC(=O)CCCCCCCCCCCCCC(C)C. The standard InChI is InChI=1S/C69H134O17P2/c1-9-61(7)47-39-31-25-27-34-42-50-67(72)80-56-64(85-68(73)51-43-35-24-20-16-12-14-18-22-30-38-46-60(5)6)57-83-87(75,76)81-53-63(70)54-82-88(77,78)84-58-65(86-69(74)52-44-36-28-26-32-40-48-62(8)10-2)55-79-66(71)49-41-33-23-19-15-11-13-17-21-29-37-45-59(3)4/h59-65,70H,9-58H2,1-8H3,(H,75,76)(H,77,78)/t61?,62?,63-,64+,65+/m0/s1. The Morgan fingerprint density at radius 3 is 0.807 bits per heavy atom. The average Bonchev–Trinajstić information content (AvgIpc) is 3.61. The minimum absolute atomic E-state index is 0.102. The third-order valence-electron chi connectivity index (χ3n) is 16.5. The van der Waals surface area contributed by atoms with Gasteiger partial charge in [0.25, 0.3) is 0 Å². The topological polar surface area (TPSA) is 237 Å². The lowest BCUT2D eigenvalue weighted by Crippen LogP contribution is -2.30. The molecule has 3 N–H and O–H groups in total. The van der Waals surface area contributed by atoms with Gasteiger partial charge in [0.2, 0.25) is 0 Å². The second kappa shape index (κ2) is 58.8. The molecule has 0 radical (unpaired) electrons. The van der Waals surface area contributed by atoms with E-state index in [1.165, 1.54) is 135 Å². The van der Waals surface area contributed by atoms with Gasteiger partial charge in [0.15, 0.2) is 12.2 Å². The summed E-state index contributed by atoms with van der Waals surface area (Å²) in [5.74, 6) is 0.853. The van der Waals surface area contributed by atoms with Crippen molar-refractivity contribution in [3.63, 3.8) is 0 Å². The third-order valence-corrected chi connectivity index (χ3v) is 18.4. The fourth-order valence-electron chi connectivity index (χ4n) is 10.2. The van der Waals surface area contributed by atoms with Crippen LogP contribution in [0, 0.1) is 23.7 Å². The molecule has 0 aromatic heterocycles. The van der Waals surface area contributed by atoms with Crippen LogP contribution >= 0.6 is 15.6 Å². The van der Waals surface area contributed by atoms with Gasteiger partial charge in [-0.3, -0.25) is 37.3 Å². The minimum atomic E-state index is -4.95. The molecule has 0 aliphatic rings. The Kier molecular flexibility index (Phi) is 57.6. The molecule has 0 aliphatic carbocycles. The van der Waals surface area contributed by atoms with Crippen LogP contribution in [0.15, 0.2) is 0 Å². The predicted molar refractivity (Wildman–Crippen MR) is 354 cm³/mol. The molecule has 88 heavy (non-hydrogen) atoms. The largest absolute Gasteiger partial charge is 0.472 e. The highest BCUT2D eigenvalue weighted by atomic mass is 31.2. The summed E-state index contributed by atoms with van der Waals surface area (Å²) in [4.78, 5) is 72.5. The normalized spacial score (nSPS) is 14.9. The summed E-state index contributed by atoms with van der Waals surface area (Å²) in [6.45, 7) is 14.1. The summed E-state index contributed by atoms with van der Waals surface area (Å²) in [6, 6.07) is 0. The Labute approximate surface area is 537 Å². The summed E-state index contributed by atoms with van der Waals surface area (Å²) in [7, 11) is -9.90. The van der Waals surface area contributed by atoms with E-state index in [0.717, 1.165) is 120 Å². The van der Waals surface area contributed by atoms with Crippen LogP contribution in [-0.4, -0.2) is 96.7 Å². The van der Waals surface area contributed by atoms with Crippen LogP contribution in [0.1, 0.15) is 338 Å². The van der Waals surface area contributed by atoms with Crippen molar-refractivity contribution in [1.82, 2.24) is 0 Å². The van der Waals surface area contributed by atoms with Gasteiger partial charge in [-0.2, -0.15) is 0 Å². The molecule has 0 saturated carbocycles. The quantitative estimate of drug-likeness (QED) is 0.0222. The molecule has 0 bridgehead atoms. The second-order valence-electron chi connectivity index (χ2n) is 26.4. The molecule has 0 spiro atoms. The van der Waals surface area contributed by atoms with Gasteiger partial charge in [0.05, 0.1) is 26.4 Å². The van der Waals surface area contributed by atoms with Crippen LogP contribution in [0.4, 0.5) is 0 Å². The monoisotopic (exact) mass is 1300 g/mol. The van der Waals surface area contributed by atoms with Crippen LogP contribution < -0.4 is 0 Å². The van der Waals surface area contributed by atoms with Gasteiger partial charge in [0, 0.05) is 25.7 Å². The highest BCUT2D eigenvalue weighted by Crippen LogP contribution is 2.45. The smallest absolute Gasteiger partial charge is 0.462 e. The summed E-state index contributed by atoms with van der Waals surface area (Å²) in [5, 5.41) is 10.6. The molecule has 0 rings (SSSR count). The maximum Gasteiger partial charge on any atom is 0.472 e. The number of phosphoric acid groups is 2. The van der Waals surface area contributed by atoms with Gasteiger partial charge in [-0.15, -0.1) is 0 Å². The maximum absolute atomic E-state index is 13.0. The van der Waals surface area contributed by atoms with E-state index in [2.05, 4.69) is 55.4 Å². The van der Waals surface area contributed by atoms with Crippen molar-refractivity contribution in [2.24, 2.45) is 23.7 Å². The lowest BCUT2D eigenvalue weighted by molar-refractivity contribution is -0.161. The lowest BCUT2D eigenvalue weighted by atomic mass is 10.00. The van der Waals surface area contributed by atoms with Crippen molar-refractivity contribution in [3.8, 4) is 0 Å². The molecule has 0 aliphatic heterocycles. The van der Waals surface area contributed by atoms with Crippen LogP contribution in [-0.2, 0) is 65.4 Å². The number of ether oxygens (including phenoxy) is 4. The number of phosphoric ester groups is 2. The van der Waals surface area contributed by atoms with Crippen LogP contribution in [0.3, 0.4) is 0 Å². The van der Waals surface area contributed by atoms with E-state index in [0.29, 0.717) is 25.7 Å². The Balaban J connectivity index is 5.25. The van der Waals surface area contributed by atoms with Crippen LogP contribution in [0.2, 0.25) is 0 Å². The van der Waals surface area contributed by atoms with Crippen molar-refractivity contribution in [1.29, 1.82) is 0 Å². The zero-order valence-corrected chi connectivity index (χ0v) is 59.1. The average molecular weight is 1300 g/mol. The molecule has 0 amide bonds. The maximum atomic E-state index is 13.0. The number of hydrogen-bond donors (Lipinski definition) is 3. The zero-order chi connectivity index (χ0) is 65.4. The highest BCUT2D eigenvalue weighted by Gasteiger charge is 2.30. The van der Waals surface area contributed by atoms with Crippen molar-refractivity contribution in [2.75, 3.05) is 39.6 Å². The molecule has 19 heteroatoms. The molecule has 0 aromatic rings. The molecule has 0 heterocycles. The van der Waals surface area contributed by atoms with Crippen LogP contribution in [0.25, 0.3) is 0 Å². The first kappa shape index (κ1) is 86.1. The summed E-state index contributed by atoms with van der Waals surface area (Å²) < 4.78 is 68.2. The first-order valence-electron chi connectivity index (χ1n) is 35.8. The molecule has 17 nitrogen and oxygen atoms in total. The molecule has 0 fully saturated rings. The summed E-state index contributed by atoms with van der Waals surface area (Å²) in [5.41, 5.74) is 0. The Morgan fingerprint density at radius 2 is 0.545 bits per heavy atom. The summed E-state index contributed by atoms with van der Waals surface area (Å²) in [6.07, 6.45) is 40.3.